The fourth-order valence-electron chi connectivity index (χ4n) is 2.61. The van der Waals surface area contributed by atoms with Gasteiger partial charge in [0.25, 0.3) is 0 Å². The predicted molar refractivity (Wildman–Crippen MR) is 71.9 cm³/mol. The Bertz CT molecular complexity index is 422. The van der Waals surface area contributed by atoms with Crippen molar-refractivity contribution in [2.24, 2.45) is 5.73 Å². The Balaban J connectivity index is 2.27. The van der Waals surface area contributed by atoms with Crippen LogP contribution in [0.3, 0.4) is 0 Å². The third-order valence-electron chi connectivity index (χ3n) is 3.63. The number of hydrogen-bond acceptors (Lipinski definition) is 3. The first kappa shape index (κ1) is 13.1. The standard InChI is InChI=1S/C15H21NO2/c1-2-18-13-9-5-4-8-12(13)14(17)15(16)10-6-3-7-11-15/h4-5,8-9H,2-3,6-7,10-11,16H2,1H3. The summed E-state index contributed by atoms with van der Waals surface area (Å²) in [7, 11) is 0. The van der Waals surface area contributed by atoms with E-state index in [2.05, 4.69) is 0 Å². The molecule has 0 atom stereocenters. The summed E-state index contributed by atoms with van der Waals surface area (Å²) in [6.45, 7) is 2.47. The van der Waals surface area contributed by atoms with Gasteiger partial charge >= 0.3 is 0 Å². The maximum Gasteiger partial charge on any atom is 0.186 e. The van der Waals surface area contributed by atoms with E-state index in [1.54, 1.807) is 0 Å². The summed E-state index contributed by atoms with van der Waals surface area (Å²) in [6, 6.07) is 7.40. The van der Waals surface area contributed by atoms with E-state index in [4.69, 9.17) is 10.5 Å². The molecule has 0 heterocycles. The smallest absolute Gasteiger partial charge is 0.186 e. The molecule has 98 valence electrons. The zero-order valence-electron chi connectivity index (χ0n) is 10.9. The molecule has 2 N–H and O–H groups in total. The molecule has 0 amide bonds. The van der Waals surface area contributed by atoms with Crippen molar-refractivity contribution in [1.29, 1.82) is 0 Å². The van der Waals surface area contributed by atoms with Crippen LogP contribution in [0.2, 0.25) is 0 Å². The van der Waals surface area contributed by atoms with Gasteiger partial charge in [-0.2, -0.15) is 0 Å². The van der Waals surface area contributed by atoms with Gasteiger partial charge in [0.05, 0.1) is 17.7 Å². The molecule has 0 aliphatic heterocycles. The summed E-state index contributed by atoms with van der Waals surface area (Å²) in [5.41, 5.74) is 6.23. The first-order valence-corrected chi connectivity index (χ1v) is 6.73. The molecule has 1 aliphatic carbocycles. The number of hydrogen-bond donors (Lipinski definition) is 1. The van der Waals surface area contributed by atoms with E-state index in [1.165, 1.54) is 6.42 Å². The van der Waals surface area contributed by atoms with E-state index < -0.39 is 5.54 Å². The fraction of sp³-hybridized carbons (Fsp3) is 0.533. The summed E-state index contributed by atoms with van der Waals surface area (Å²) in [5.74, 6) is 0.687. The van der Waals surface area contributed by atoms with Crippen molar-refractivity contribution in [1.82, 2.24) is 0 Å². The molecule has 1 aromatic rings. The molecule has 2 rings (SSSR count). The van der Waals surface area contributed by atoms with E-state index in [-0.39, 0.29) is 5.78 Å². The topological polar surface area (TPSA) is 52.3 Å². The van der Waals surface area contributed by atoms with Gasteiger partial charge in [-0.1, -0.05) is 31.4 Å². The second-order valence-corrected chi connectivity index (χ2v) is 4.98. The highest BCUT2D eigenvalue weighted by Gasteiger charge is 2.36. The molecule has 1 aliphatic rings. The van der Waals surface area contributed by atoms with Crippen LogP contribution in [0, 0.1) is 0 Å². The van der Waals surface area contributed by atoms with Gasteiger partial charge in [0.2, 0.25) is 0 Å². The summed E-state index contributed by atoms with van der Waals surface area (Å²) in [5, 5.41) is 0. The molecule has 3 nitrogen and oxygen atoms in total. The number of carbonyl (C=O) groups is 1. The summed E-state index contributed by atoms with van der Waals surface area (Å²) < 4.78 is 5.52. The van der Waals surface area contributed by atoms with Crippen LogP contribution in [0.4, 0.5) is 0 Å². The van der Waals surface area contributed by atoms with Gasteiger partial charge in [-0.05, 0) is 31.9 Å². The number of ether oxygens (including phenoxy) is 1. The minimum atomic E-state index is -0.689. The molecule has 0 bridgehead atoms. The molecule has 3 heteroatoms. The highest BCUT2D eigenvalue weighted by Crippen LogP contribution is 2.31. The van der Waals surface area contributed by atoms with Crippen LogP contribution in [-0.4, -0.2) is 17.9 Å². The Morgan fingerprint density at radius 2 is 1.94 bits per heavy atom. The van der Waals surface area contributed by atoms with Gasteiger partial charge in [-0.25, -0.2) is 0 Å². The Labute approximate surface area is 108 Å². The Morgan fingerprint density at radius 1 is 1.28 bits per heavy atom. The number of Topliss-reactive ketones (excluding diaryl/α,β-unsaturated/α-hetero) is 1. The van der Waals surface area contributed by atoms with Crippen LogP contribution in [-0.2, 0) is 0 Å². The normalized spacial score (nSPS) is 18.3. The molecule has 1 aromatic carbocycles. The molecule has 0 aromatic heterocycles. The van der Waals surface area contributed by atoms with Crippen molar-refractivity contribution in [2.75, 3.05) is 6.61 Å². The number of ketones is 1. The van der Waals surface area contributed by atoms with Gasteiger partial charge in [0, 0.05) is 0 Å². The lowest BCUT2D eigenvalue weighted by molar-refractivity contribution is 0.0844. The fourth-order valence-corrected chi connectivity index (χ4v) is 2.61. The van der Waals surface area contributed by atoms with Gasteiger partial charge in [-0.3, -0.25) is 4.79 Å². The highest BCUT2D eigenvalue weighted by atomic mass is 16.5. The number of para-hydroxylation sites is 1. The van der Waals surface area contributed by atoms with Gasteiger partial charge < -0.3 is 10.5 Å². The number of benzene rings is 1. The largest absolute Gasteiger partial charge is 0.493 e. The molecule has 1 fully saturated rings. The lowest BCUT2D eigenvalue weighted by Crippen LogP contribution is -2.49. The third-order valence-corrected chi connectivity index (χ3v) is 3.63. The average molecular weight is 247 g/mol. The number of rotatable bonds is 4. The first-order chi connectivity index (χ1) is 8.67. The molecule has 18 heavy (non-hydrogen) atoms. The molecular weight excluding hydrogens is 226 g/mol. The van der Waals surface area contributed by atoms with Gasteiger partial charge in [0.1, 0.15) is 5.75 Å². The van der Waals surface area contributed by atoms with Gasteiger partial charge in [0.15, 0.2) is 5.78 Å². The van der Waals surface area contributed by atoms with Crippen LogP contribution in [0.15, 0.2) is 24.3 Å². The van der Waals surface area contributed by atoms with Crippen LogP contribution < -0.4 is 10.5 Å². The van der Waals surface area contributed by atoms with Crippen molar-refractivity contribution in [2.45, 2.75) is 44.6 Å². The molecule has 0 saturated heterocycles. The van der Waals surface area contributed by atoms with E-state index in [1.807, 2.05) is 31.2 Å². The third kappa shape index (κ3) is 2.56. The SMILES string of the molecule is CCOc1ccccc1C(=O)C1(N)CCCCC1. The highest BCUT2D eigenvalue weighted by molar-refractivity contribution is 6.05. The minimum absolute atomic E-state index is 0.0336. The zero-order chi connectivity index (χ0) is 13.0. The Hall–Kier alpha value is -1.35. The monoisotopic (exact) mass is 247 g/mol. The van der Waals surface area contributed by atoms with Gasteiger partial charge in [-0.15, -0.1) is 0 Å². The van der Waals surface area contributed by atoms with Crippen molar-refractivity contribution in [3.8, 4) is 5.75 Å². The lowest BCUT2D eigenvalue weighted by Gasteiger charge is -2.32. The Kier molecular flexibility index (Phi) is 4.02. The molecule has 0 unspecified atom stereocenters. The molecular formula is C15H21NO2. The zero-order valence-corrected chi connectivity index (χ0v) is 10.9. The van der Waals surface area contributed by atoms with Crippen LogP contribution in [0.1, 0.15) is 49.4 Å². The molecule has 0 radical (unpaired) electrons. The maximum absolute atomic E-state index is 12.6. The second-order valence-electron chi connectivity index (χ2n) is 4.98. The van der Waals surface area contributed by atoms with Crippen LogP contribution >= 0.6 is 0 Å². The molecule has 0 spiro atoms. The summed E-state index contributed by atoms with van der Waals surface area (Å²) in [4.78, 5) is 12.6. The van der Waals surface area contributed by atoms with Crippen molar-refractivity contribution >= 4 is 5.78 Å². The van der Waals surface area contributed by atoms with Crippen molar-refractivity contribution in [3.63, 3.8) is 0 Å². The summed E-state index contributed by atoms with van der Waals surface area (Å²) in [6.07, 6.45) is 4.83. The van der Waals surface area contributed by atoms with E-state index >= 15 is 0 Å². The second kappa shape index (κ2) is 5.53. The first-order valence-electron chi connectivity index (χ1n) is 6.73. The maximum atomic E-state index is 12.6. The predicted octanol–water partition coefficient (Wildman–Crippen LogP) is 2.93. The van der Waals surface area contributed by atoms with Crippen LogP contribution in [0.25, 0.3) is 0 Å². The van der Waals surface area contributed by atoms with E-state index in [0.29, 0.717) is 17.9 Å². The quantitative estimate of drug-likeness (QED) is 0.832. The van der Waals surface area contributed by atoms with E-state index in [0.717, 1.165) is 25.7 Å². The number of nitrogens with two attached hydrogens (primary N) is 1. The number of carbonyl (C=O) groups excluding carboxylic acids is 1. The van der Waals surface area contributed by atoms with Crippen molar-refractivity contribution < 1.29 is 9.53 Å². The summed E-state index contributed by atoms with van der Waals surface area (Å²) >= 11 is 0. The van der Waals surface area contributed by atoms with E-state index in [9.17, 15) is 4.79 Å². The minimum Gasteiger partial charge on any atom is -0.493 e. The van der Waals surface area contributed by atoms with Crippen LogP contribution in [0.5, 0.6) is 5.75 Å². The molecule has 1 saturated carbocycles. The Morgan fingerprint density at radius 3 is 2.61 bits per heavy atom. The van der Waals surface area contributed by atoms with Crippen molar-refractivity contribution in [3.05, 3.63) is 29.8 Å². The average Bonchev–Trinajstić information content (AvgIpc) is 2.40. The lowest BCUT2D eigenvalue weighted by atomic mass is 9.77.